The van der Waals surface area contributed by atoms with E-state index in [9.17, 15) is 17.6 Å². The maximum absolute atomic E-state index is 13.0. The first-order valence-electron chi connectivity index (χ1n) is 3.38. The van der Waals surface area contributed by atoms with Crippen LogP contribution in [0.4, 0.5) is 17.6 Å². The number of rotatable bonds is 1. The van der Waals surface area contributed by atoms with Crippen LogP contribution in [0.5, 0.6) is 5.75 Å². The first kappa shape index (κ1) is 11.0. The van der Waals surface area contributed by atoms with Crippen molar-refractivity contribution in [3.05, 3.63) is 22.7 Å². The van der Waals surface area contributed by atoms with Crippen molar-refractivity contribution in [3.63, 3.8) is 0 Å². The molecule has 7 heteroatoms. The summed E-state index contributed by atoms with van der Waals surface area (Å²) in [6, 6.07) is 0.664. The second-order valence-electron chi connectivity index (χ2n) is 2.39. The van der Waals surface area contributed by atoms with E-state index < -0.39 is 17.9 Å². The molecule has 2 nitrogen and oxygen atoms in total. The maximum atomic E-state index is 13.0. The van der Waals surface area contributed by atoms with E-state index in [1.165, 1.54) is 6.92 Å². The van der Waals surface area contributed by atoms with Crippen LogP contribution >= 0.6 is 11.6 Å². The van der Waals surface area contributed by atoms with Crippen LogP contribution in [-0.2, 0) is 0 Å². The lowest BCUT2D eigenvalue weighted by atomic mass is 10.3. The lowest BCUT2D eigenvalue weighted by Gasteiger charge is -2.10. The minimum atomic E-state index is -4.95. The molecule has 0 unspecified atom stereocenters. The van der Waals surface area contributed by atoms with E-state index in [2.05, 4.69) is 9.72 Å². The second-order valence-corrected chi connectivity index (χ2v) is 2.78. The number of hydrogen-bond donors (Lipinski definition) is 0. The normalized spacial score (nSPS) is 11.6. The summed E-state index contributed by atoms with van der Waals surface area (Å²) in [5.74, 6) is -2.15. The molecular formula is C7H4ClF4NO. The number of nitrogens with zero attached hydrogens (tertiary/aromatic N) is 1. The van der Waals surface area contributed by atoms with Gasteiger partial charge in [0.1, 0.15) is 5.15 Å². The molecule has 0 bridgehead atoms. The molecule has 0 aromatic carbocycles. The molecule has 0 radical (unpaired) electrons. The third-order valence-electron chi connectivity index (χ3n) is 1.28. The average molecular weight is 230 g/mol. The molecule has 1 aromatic heterocycles. The quantitative estimate of drug-likeness (QED) is 0.545. The zero-order chi connectivity index (χ0) is 10.9. The summed E-state index contributed by atoms with van der Waals surface area (Å²) in [6.07, 6.45) is -4.95. The predicted octanol–water partition coefficient (Wildman–Crippen LogP) is 3.08. The zero-order valence-corrected chi connectivity index (χ0v) is 7.58. The van der Waals surface area contributed by atoms with Gasteiger partial charge in [-0.15, -0.1) is 13.2 Å². The Morgan fingerprint density at radius 1 is 1.43 bits per heavy atom. The molecule has 1 aromatic rings. The van der Waals surface area contributed by atoms with Crippen LogP contribution in [0, 0.1) is 12.7 Å². The standard InChI is InChI=1S/C7H4ClF4NO/c1-3-6(9)4(2-5(8)13-3)14-7(10,11)12/h2H,1H3. The number of aryl methyl sites for hydroxylation is 1. The Bertz CT molecular complexity index is 352. The molecule has 0 atom stereocenters. The molecule has 0 fully saturated rings. The molecule has 0 N–H and O–H groups in total. The van der Waals surface area contributed by atoms with E-state index in [1.54, 1.807) is 0 Å². The SMILES string of the molecule is Cc1nc(Cl)cc(OC(F)(F)F)c1F. The van der Waals surface area contributed by atoms with Crippen LogP contribution in [0.25, 0.3) is 0 Å². The molecule has 1 heterocycles. The summed E-state index contributed by atoms with van der Waals surface area (Å²) in [5.41, 5.74) is -0.253. The van der Waals surface area contributed by atoms with Gasteiger partial charge in [0.2, 0.25) is 0 Å². The fourth-order valence-electron chi connectivity index (χ4n) is 0.790. The number of halogens is 5. The van der Waals surface area contributed by atoms with E-state index in [1.807, 2.05) is 0 Å². The van der Waals surface area contributed by atoms with Crippen molar-refractivity contribution in [2.75, 3.05) is 0 Å². The van der Waals surface area contributed by atoms with Gasteiger partial charge in [-0.1, -0.05) is 11.6 Å². The van der Waals surface area contributed by atoms with Crippen molar-refractivity contribution in [3.8, 4) is 5.75 Å². The first-order chi connectivity index (χ1) is 6.29. The molecule has 0 saturated carbocycles. The summed E-state index contributed by atoms with van der Waals surface area (Å²) in [7, 11) is 0. The molecule has 0 aliphatic carbocycles. The molecule has 78 valence electrons. The number of ether oxygens (including phenoxy) is 1. The zero-order valence-electron chi connectivity index (χ0n) is 6.82. The Balaban J connectivity index is 3.09. The molecule has 0 amide bonds. The van der Waals surface area contributed by atoms with Gasteiger partial charge in [0.05, 0.1) is 5.69 Å². The maximum Gasteiger partial charge on any atom is 0.573 e. The lowest BCUT2D eigenvalue weighted by molar-refractivity contribution is -0.275. The number of pyridine rings is 1. The topological polar surface area (TPSA) is 22.1 Å². The monoisotopic (exact) mass is 229 g/mol. The van der Waals surface area contributed by atoms with E-state index in [4.69, 9.17) is 11.6 Å². The first-order valence-corrected chi connectivity index (χ1v) is 3.76. The highest BCUT2D eigenvalue weighted by Gasteiger charge is 2.33. The van der Waals surface area contributed by atoms with Crippen LogP contribution < -0.4 is 4.74 Å². The van der Waals surface area contributed by atoms with Crippen LogP contribution in [0.1, 0.15) is 5.69 Å². The molecule has 0 spiro atoms. The van der Waals surface area contributed by atoms with Gasteiger partial charge in [-0.3, -0.25) is 0 Å². The molecular weight excluding hydrogens is 226 g/mol. The van der Waals surface area contributed by atoms with Gasteiger partial charge < -0.3 is 4.74 Å². The molecule has 1 rings (SSSR count). The second kappa shape index (κ2) is 3.61. The minimum absolute atomic E-state index is 0.253. The van der Waals surface area contributed by atoms with Gasteiger partial charge in [-0.2, -0.15) is 0 Å². The smallest absolute Gasteiger partial charge is 0.402 e. The van der Waals surface area contributed by atoms with Gasteiger partial charge in [0.15, 0.2) is 11.6 Å². The van der Waals surface area contributed by atoms with E-state index in [0.29, 0.717) is 6.07 Å². The van der Waals surface area contributed by atoms with Gasteiger partial charge in [-0.25, -0.2) is 9.37 Å². The van der Waals surface area contributed by atoms with Gasteiger partial charge in [0.25, 0.3) is 0 Å². The highest BCUT2D eigenvalue weighted by molar-refractivity contribution is 6.29. The molecule has 0 saturated heterocycles. The van der Waals surface area contributed by atoms with Crippen molar-refractivity contribution < 1.29 is 22.3 Å². The lowest BCUT2D eigenvalue weighted by Crippen LogP contribution is -2.18. The average Bonchev–Trinajstić information content (AvgIpc) is 1.96. The van der Waals surface area contributed by atoms with Crippen LogP contribution in [-0.4, -0.2) is 11.3 Å². The molecule has 0 aliphatic rings. The van der Waals surface area contributed by atoms with Crippen molar-refractivity contribution >= 4 is 11.6 Å². The minimum Gasteiger partial charge on any atom is -0.402 e. The van der Waals surface area contributed by atoms with Crippen molar-refractivity contribution in [1.82, 2.24) is 4.98 Å². The Hall–Kier alpha value is -1.04. The number of alkyl halides is 3. The van der Waals surface area contributed by atoms with Crippen LogP contribution in [0.15, 0.2) is 6.07 Å². The van der Waals surface area contributed by atoms with Crippen LogP contribution in [0.3, 0.4) is 0 Å². The third-order valence-corrected chi connectivity index (χ3v) is 1.48. The Morgan fingerprint density at radius 2 is 2.00 bits per heavy atom. The fraction of sp³-hybridized carbons (Fsp3) is 0.286. The van der Waals surface area contributed by atoms with E-state index in [-0.39, 0.29) is 10.8 Å². The van der Waals surface area contributed by atoms with Crippen LogP contribution in [0.2, 0.25) is 5.15 Å². The van der Waals surface area contributed by atoms with E-state index >= 15 is 0 Å². The number of aromatic nitrogens is 1. The largest absolute Gasteiger partial charge is 0.573 e. The summed E-state index contributed by atoms with van der Waals surface area (Å²) in [5, 5.41) is -0.261. The van der Waals surface area contributed by atoms with Gasteiger partial charge in [-0.05, 0) is 6.92 Å². The van der Waals surface area contributed by atoms with Gasteiger partial charge >= 0.3 is 6.36 Å². The fourth-order valence-corrected chi connectivity index (χ4v) is 1.02. The molecule has 0 aliphatic heterocycles. The summed E-state index contributed by atoms with van der Waals surface area (Å²) in [4.78, 5) is 3.41. The summed E-state index contributed by atoms with van der Waals surface area (Å²) in [6.45, 7) is 1.18. The Morgan fingerprint density at radius 3 is 2.50 bits per heavy atom. The number of hydrogen-bond acceptors (Lipinski definition) is 2. The van der Waals surface area contributed by atoms with Gasteiger partial charge in [0, 0.05) is 6.07 Å². The van der Waals surface area contributed by atoms with Crippen molar-refractivity contribution in [2.24, 2.45) is 0 Å². The Labute approximate surface area is 81.5 Å². The van der Waals surface area contributed by atoms with E-state index in [0.717, 1.165) is 0 Å². The molecule has 14 heavy (non-hydrogen) atoms. The van der Waals surface area contributed by atoms with Crippen molar-refractivity contribution in [2.45, 2.75) is 13.3 Å². The highest BCUT2D eigenvalue weighted by atomic mass is 35.5. The summed E-state index contributed by atoms with van der Waals surface area (Å²) >= 11 is 5.33. The predicted molar refractivity (Wildman–Crippen MR) is 40.6 cm³/mol. The summed E-state index contributed by atoms with van der Waals surface area (Å²) < 4.78 is 51.6. The Kier molecular flexibility index (Phi) is 2.84. The third kappa shape index (κ3) is 2.73. The van der Waals surface area contributed by atoms with Crippen molar-refractivity contribution in [1.29, 1.82) is 0 Å². The highest BCUT2D eigenvalue weighted by Crippen LogP contribution is 2.28.